The number of carboxylic acids is 1. The van der Waals surface area contributed by atoms with Gasteiger partial charge >= 0.3 is 0 Å². The van der Waals surface area contributed by atoms with E-state index < -0.39 is 12.0 Å². The molecule has 0 bridgehead atoms. The molecule has 0 aliphatic rings. The Morgan fingerprint density at radius 3 is 2.20 bits per heavy atom. The fourth-order valence-corrected chi connectivity index (χ4v) is 2.15. The number of hydrogen-bond donors (Lipinski definition) is 1. The van der Waals surface area contributed by atoms with Crippen LogP contribution in [0, 0.1) is 5.82 Å². The molecule has 2 aromatic rings. The molecule has 0 spiro atoms. The minimum absolute atomic E-state index is 0.0378. The van der Waals surface area contributed by atoms with E-state index in [-0.39, 0.29) is 11.9 Å². The first-order valence-electron chi connectivity index (χ1n) is 6.44. The second-order valence-corrected chi connectivity index (χ2v) is 4.74. The van der Waals surface area contributed by atoms with Crippen LogP contribution in [0.3, 0.4) is 0 Å². The molecule has 0 saturated carbocycles. The maximum absolute atomic E-state index is 12.9. The number of rotatable bonds is 5. The largest absolute Gasteiger partial charge is 0.544 e. The molecule has 0 fully saturated rings. The Labute approximate surface area is 117 Å². The van der Waals surface area contributed by atoms with Gasteiger partial charge in [0.05, 0.1) is 0 Å². The molecule has 0 unspecified atom stereocenters. The van der Waals surface area contributed by atoms with Crippen LogP contribution in [0.15, 0.2) is 54.6 Å². The van der Waals surface area contributed by atoms with E-state index in [2.05, 4.69) is 0 Å². The lowest BCUT2D eigenvalue weighted by Gasteiger charge is -2.21. The third kappa shape index (κ3) is 3.42. The number of carboxylic acid groups (broad SMARTS) is 1. The Kier molecular flexibility index (Phi) is 4.48. The summed E-state index contributed by atoms with van der Waals surface area (Å²) in [6.45, 7) is 1.93. The van der Waals surface area contributed by atoms with Crippen molar-refractivity contribution < 1.29 is 19.6 Å². The molecule has 0 heterocycles. The molecule has 0 aliphatic carbocycles. The van der Waals surface area contributed by atoms with Crippen LogP contribution in [0.4, 0.5) is 4.39 Å². The zero-order valence-corrected chi connectivity index (χ0v) is 11.1. The van der Waals surface area contributed by atoms with Crippen molar-refractivity contribution in [1.82, 2.24) is 0 Å². The summed E-state index contributed by atoms with van der Waals surface area (Å²) in [7, 11) is 0. The Balaban J connectivity index is 2.18. The second-order valence-electron chi connectivity index (χ2n) is 4.74. The number of quaternary nitrogens is 1. The first-order chi connectivity index (χ1) is 9.58. The van der Waals surface area contributed by atoms with Gasteiger partial charge < -0.3 is 15.2 Å². The van der Waals surface area contributed by atoms with E-state index in [1.54, 1.807) is 5.32 Å². The average molecular weight is 273 g/mol. The van der Waals surface area contributed by atoms with Crippen LogP contribution in [0.25, 0.3) is 0 Å². The van der Waals surface area contributed by atoms with Crippen molar-refractivity contribution in [2.24, 2.45) is 0 Å². The highest BCUT2D eigenvalue weighted by molar-refractivity contribution is 5.71. The molecule has 3 nitrogen and oxygen atoms in total. The summed E-state index contributed by atoms with van der Waals surface area (Å²) in [5.74, 6) is -1.57. The van der Waals surface area contributed by atoms with E-state index in [0.717, 1.165) is 5.56 Å². The third-order valence-corrected chi connectivity index (χ3v) is 3.29. The lowest BCUT2D eigenvalue weighted by Crippen LogP contribution is -2.88. The van der Waals surface area contributed by atoms with Crippen molar-refractivity contribution in [3.8, 4) is 0 Å². The molecule has 20 heavy (non-hydrogen) atoms. The lowest BCUT2D eigenvalue weighted by atomic mass is 10.0. The van der Waals surface area contributed by atoms with Gasteiger partial charge in [-0.2, -0.15) is 0 Å². The lowest BCUT2D eigenvalue weighted by molar-refractivity contribution is -0.725. The van der Waals surface area contributed by atoms with Crippen LogP contribution in [0.1, 0.15) is 30.1 Å². The number of halogens is 1. The van der Waals surface area contributed by atoms with Crippen molar-refractivity contribution in [3.63, 3.8) is 0 Å². The zero-order chi connectivity index (χ0) is 14.5. The molecule has 4 heteroatoms. The van der Waals surface area contributed by atoms with Gasteiger partial charge in [-0.15, -0.1) is 0 Å². The van der Waals surface area contributed by atoms with Crippen LogP contribution in [-0.2, 0) is 4.79 Å². The molecule has 0 radical (unpaired) electrons. The van der Waals surface area contributed by atoms with Gasteiger partial charge in [-0.25, -0.2) is 4.39 Å². The molecule has 2 rings (SSSR count). The number of benzene rings is 2. The minimum atomic E-state index is -1.18. The highest BCUT2D eigenvalue weighted by atomic mass is 19.1. The van der Waals surface area contributed by atoms with Crippen LogP contribution in [-0.4, -0.2) is 5.97 Å². The van der Waals surface area contributed by atoms with Gasteiger partial charge in [0.1, 0.15) is 17.8 Å². The standard InChI is InChI=1S/C16H16FNO2/c1-11(12-5-3-2-4-6-12)18-15(16(19)20)13-7-9-14(17)10-8-13/h2-11,15,18H,1H3,(H,19,20)/t11-,15-/m0/s1. The average Bonchev–Trinajstić information content (AvgIpc) is 2.46. The van der Waals surface area contributed by atoms with E-state index in [4.69, 9.17) is 0 Å². The molecule has 2 N–H and O–H groups in total. The predicted molar refractivity (Wildman–Crippen MR) is 70.9 cm³/mol. The van der Waals surface area contributed by atoms with Crippen molar-refractivity contribution >= 4 is 5.97 Å². The maximum atomic E-state index is 12.9. The number of carbonyl (C=O) groups excluding carboxylic acids is 1. The SMILES string of the molecule is C[C@H]([NH2+][C@H](C(=O)[O-])c1ccc(F)cc1)c1ccccc1. The highest BCUT2D eigenvalue weighted by Crippen LogP contribution is 2.13. The molecule has 0 saturated heterocycles. The number of aliphatic carboxylic acids is 1. The Morgan fingerprint density at radius 2 is 1.65 bits per heavy atom. The Morgan fingerprint density at radius 1 is 1.05 bits per heavy atom. The maximum Gasteiger partial charge on any atom is 0.152 e. The van der Waals surface area contributed by atoms with Gasteiger partial charge in [0.2, 0.25) is 0 Å². The summed E-state index contributed by atoms with van der Waals surface area (Å²) >= 11 is 0. The summed E-state index contributed by atoms with van der Waals surface area (Å²) in [6, 6.07) is 14.2. The monoisotopic (exact) mass is 273 g/mol. The van der Waals surface area contributed by atoms with E-state index in [1.165, 1.54) is 24.3 Å². The minimum Gasteiger partial charge on any atom is -0.544 e. The molecular formula is C16H16FNO2. The van der Waals surface area contributed by atoms with E-state index in [9.17, 15) is 14.3 Å². The van der Waals surface area contributed by atoms with E-state index in [0.29, 0.717) is 5.56 Å². The van der Waals surface area contributed by atoms with Gasteiger partial charge in [0, 0.05) is 11.1 Å². The van der Waals surface area contributed by atoms with Gasteiger partial charge in [0.25, 0.3) is 0 Å². The second kappa shape index (κ2) is 6.30. The van der Waals surface area contributed by atoms with Crippen LogP contribution in [0.2, 0.25) is 0 Å². The zero-order valence-electron chi connectivity index (χ0n) is 11.1. The van der Waals surface area contributed by atoms with Crippen LogP contribution in [0.5, 0.6) is 0 Å². The van der Waals surface area contributed by atoms with Gasteiger partial charge in [-0.05, 0) is 31.2 Å². The number of carbonyl (C=O) groups is 1. The summed E-state index contributed by atoms with van der Waals surface area (Å²) in [4.78, 5) is 11.3. The first-order valence-corrected chi connectivity index (χ1v) is 6.44. The molecule has 104 valence electrons. The first kappa shape index (κ1) is 14.2. The Hall–Kier alpha value is -2.20. The summed E-state index contributed by atoms with van der Waals surface area (Å²) in [6.07, 6.45) is 0. The fourth-order valence-electron chi connectivity index (χ4n) is 2.15. The van der Waals surface area contributed by atoms with E-state index >= 15 is 0 Å². The van der Waals surface area contributed by atoms with Crippen LogP contribution >= 0.6 is 0 Å². The molecule has 0 amide bonds. The molecule has 0 aliphatic heterocycles. The van der Waals surface area contributed by atoms with E-state index in [1.807, 2.05) is 37.3 Å². The highest BCUT2D eigenvalue weighted by Gasteiger charge is 2.20. The van der Waals surface area contributed by atoms with Crippen molar-refractivity contribution in [1.29, 1.82) is 0 Å². The number of nitrogens with two attached hydrogens (primary N) is 1. The fraction of sp³-hybridized carbons (Fsp3) is 0.188. The predicted octanol–water partition coefficient (Wildman–Crippen LogP) is 0.941. The smallest absolute Gasteiger partial charge is 0.152 e. The van der Waals surface area contributed by atoms with Gasteiger partial charge in [-0.1, -0.05) is 30.3 Å². The van der Waals surface area contributed by atoms with Crippen molar-refractivity contribution in [2.45, 2.75) is 19.0 Å². The van der Waals surface area contributed by atoms with Gasteiger partial charge in [-0.3, -0.25) is 0 Å². The number of hydrogen-bond acceptors (Lipinski definition) is 2. The van der Waals surface area contributed by atoms with Gasteiger partial charge in [0.15, 0.2) is 6.04 Å². The normalized spacial score (nSPS) is 13.7. The van der Waals surface area contributed by atoms with Crippen molar-refractivity contribution in [2.75, 3.05) is 0 Å². The summed E-state index contributed by atoms with van der Waals surface area (Å²) in [5.41, 5.74) is 1.55. The molecule has 0 aromatic heterocycles. The Bertz CT molecular complexity index is 569. The quantitative estimate of drug-likeness (QED) is 0.881. The molecule has 2 aromatic carbocycles. The summed E-state index contributed by atoms with van der Waals surface area (Å²) in [5, 5.41) is 13.0. The van der Waals surface area contributed by atoms with Crippen LogP contribution < -0.4 is 10.4 Å². The van der Waals surface area contributed by atoms with Crippen molar-refractivity contribution in [3.05, 3.63) is 71.5 Å². The third-order valence-electron chi connectivity index (χ3n) is 3.29. The molecule has 2 atom stereocenters. The topological polar surface area (TPSA) is 56.7 Å². The summed E-state index contributed by atoms with van der Waals surface area (Å²) < 4.78 is 12.9. The molecular weight excluding hydrogens is 257 g/mol.